The van der Waals surface area contributed by atoms with Gasteiger partial charge in [-0.1, -0.05) is 30.4 Å². The number of nitrogens with one attached hydrogen (secondary N) is 3. The van der Waals surface area contributed by atoms with Crippen molar-refractivity contribution >= 4 is 22.7 Å². The van der Waals surface area contributed by atoms with Crippen molar-refractivity contribution in [2.24, 2.45) is 0 Å². The lowest BCUT2D eigenvalue weighted by molar-refractivity contribution is 0.102. The molecule has 2 aromatic carbocycles. The summed E-state index contributed by atoms with van der Waals surface area (Å²) >= 11 is 0. The quantitative estimate of drug-likeness (QED) is 0.759. The number of carbonyl (C=O) groups excluding carboxylic acids is 1. The summed E-state index contributed by atoms with van der Waals surface area (Å²) in [6, 6.07) is 12.5. The fraction of sp³-hybridized carbons (Fsp3) is 0.261. The van der Waals surface area contributed by atoms with Crippen LogP contribution in [0.25, 0.3) is 11.1 Å². The zero-order valence-electron chi connectivity index (χ0n) is 15.7. The van der Waals surface area contributed by atoms with Gasteiger partial charge < -0.3 is 16.0 Å². The molecule has 0 aromatic heterocycles. The number of benzene rings is 2. The van der Waals surface area contributed by atoms with Crippen LogP contribution in [0, 0.1) is 5.82 Å². The van der Waals surface area contributed by atoms with Crippen molar-refractivity contribution < 1.29 is 9.18 Å². The highest BCUT2D eigenvalue weighted by molar-refractivity contribution is 6.04. The Hall–Kier alpha value is -2.76. The number of hydrogen-bond donors (Lipinski definition) is 3. The number of rotatable bonds is 4. The van der Waals surface area contributed by atoms with Crippen LogP contribution in [-0.4, -0.2) is 32.1 Å². The highest BCUT2D eigenvalue weighted by Gasteiger charge is 2.14. The summed E-state index contributed by atoms with van der Waals surface area (Å²) < 4.78 is 14.5. The molecule has 0 atom stereocenters. The predicted octanol–water partition coefficient (Wildman–Crippen LogP) is 3.83. The van der Waals surface area contributed by atoms with Gasteiger partial charge in [0.25, 0.3) is 5.91 Å². The Morgan fingerprint density at radius 2 is 1.57 bits per heavy atom. The molecule has 28 heavy (non-hydrogen) atoms. The van der Waals surface area contributed by atoms with E-state index in [1.165, 1.54) is 17.2 Å². The molecule has 2 aliphatic heterocycles. The van der Waals surface area contributed by atoms with Crippen LogP contribution in [0.3, 0.4) is 0 Å². The zero-order chi connectivity index (χ0) is 19.3. The Kier molecular flexibility index (Phi) is 5.65. The fourth-order valence-corrected chi connectivity index (χ4v) is 3.64. The van der Waals surface area contributed by atoms with E-state index in [-0.39, 0.29) is 11.7 Å². The molecular formula is C23H24FN3O. The van der Waals surface area contributed by atoms with Crippen LogP contribution in [0.5, 0.6) is 0 Å². The van der Waals surface area contributed by atoms with Crippen LogP contribution in [0.15, 0.2) is 54.6 Å². The van der Waals surface area contributed by atoms with E-state index in [0.29, 0.717) is 16.8 Å². The van der Waals surface area contributed by atoms with Gasteiger partial charge >= 0.3 is 0 Å². The number of carbonyl (C=O) groups is 1. The van der Waals surface area contributed by atoms with Crippen molar-refractivity contribution in [1.29, 1.82) is 0 Å². The molecule has 0 bridgehead atoms. The van der Waals surface area contributed by atoms with Crippen molar-refractivity contribution in [2.75, 3.05) is 31.5 Å². The fourth-order valence-electron chi connectivity index (χ4n) is 3.64. The Morgan fingerprint density at radius 1 is 0.893 bits per heavy atom. The van der Waals surface area contributed by atoms with Crippen LogP contribution >= 0.6 is 0 Å². The van der Waals surface area contributed by atoms with Gasteiger partial charge in [-0.05, 0) is 66.9 Å². The van der Waals surface area contributed by atoms with E-state index in [1.54, 1.807) is 12.1 Å². The molecule has 4 rings (SSSR count). The average Bonchev–Trinajstić information content (AvgIpc) is 2.75. The van der Waals surface area contributed by atoms with Crippen molar-refractivity contribution in [3.63, 3.8) is 0 Å². The highest BCUT2D eigenvalue weighted by Crippen LogP contribution is 2.25. The average molecular weight is 377 g/mol. The summed E-state index contributed by atoms with van der Waals surface area (Å²) in [6.07, 6.45) is 5.99. The van der Waals surface area contributed by atoms with Crippen LogP contribution < -0.4 is 16.0 Å². The minimum absolute atomic E-state index is 0.307. The summed E-state index contributed by atoms with van der Waals surface area (Å²) in [5.41, 5.74) is 5.09. The molecular weight excluding hydrogens is 353 g/mol. The molecule has 4 nitrogen and oxygen atoms in total. The molecule has 5 heteroatoms. The third kappa shape index (κ3) is 4.21. The first-order valence-electron chi connectivity index (χ1n) is 9.72. The number of halogens is 1. The van der Waals surface area contributed by atoms with Gasteiger partial charge in [-0.3, -0.25) is 4.79 Å². The first kappa shape index (κ1) is 18.6. The second-order valence-corrected chi connectivity index (χ2v) is 7.09. The topological polar surface area (TPSA) is 53.2 Å². The summed E-state index contributed by atoms with van der Waals surface area (Å²) in [7, 11) is 0. The molecule has 0 unspecified atom stereocenters. The smallest absolute Gasteiger partial charge is 0.255 e. The van der Waals surface area contributed by atoms with Gasteiger partial charge in [0.05, 0.1) is 0 Å². The number of hydrogen-bond acceptors (Lipinski definition) is 3. The molecule has 0 saturated carbocycles. The van der Waals surface area contributed by atoms with Crippen molar-refractivity contribution in [1.82, 2.24) is 10.6 Å². The third-order valence-electron chi connectivity index (χ3n) is 5.22. The highest BCUT2D eigenvalue weighted by atomic mass is 19.1. The van der Waals surface area contributed by atoms with E-state index in [2.05, 4.69) is 22.0 Å². The third-order valence-corrected chi connectivity index (χ3v) is 5.22. The number of anilines is 1. The summed E-state index contributed by atoms with van der Waals surface area (Å²) in [5, 5.41) is 9.37. The summed E-state index contributed by atoms with van der Waals surface area (Å²) in [6.45, 7) is 3.47. The molecule has 0 saturated heterocycles. The van der Waals surface area contributed by atoms with Crippen molar-refractivity contribution in [3.8, 4) is 0 Å². The van der Waals surface area contributed by atoms with Crippen LogP contribution in [0.2, 0.25) is 0 Å². The molecule has 0 fully saturated rings. The van der Waals surface area contributed by atoms with E-state index in [9.17, 15) is 9.18 Å². The van der Waals surface area contributed by atoms with Crippen LogP contribution in [0.1, 0.15) is 34.3 Å². The van der Waals surface area contributed by atoms with Gasteiger partial charge in [0.2, 0.25) is 0 Å². The van der Waals surface area contributed by atoms with E-state index in [4.69, 9.17) is 0 Å². The molecule has 0 spiro atoms. The zero-order valence-corrected chi connectivity index (χ0v) is 15.7. The molecule has 3 N–H and O–H groups in total. The maximum Gasteiger partial charge on any atom is 0.255 e. The van der Waals surface area contributed by atoms with Gasteiger partial charge in [0.15, 0.2) is 0 Å². The van der Waals surface area contributed by atoms with E-state index >= 15 is 0 Å². The lowest BCUT2D eigenvalue weighted by atomic mass is 9.98. The summed E-state index contributed by atoms with van der Waals surface area (Å²) in [4.78, 5) is 12.5. The van der Waals surface area contributed by atoms with Gasteiger partial charge in [0, 0.05) is 29.9 Å². The molecule has 144 valence electrons. The van der Waals surface area contributed by atoms with Crippen molar-refractivity contribution in [3.05, 3.63) is 77.1 Å². The summed E-state index contributed by atoms with van der Waals surface area (Å²) in [5.74, 6) is -0.660. The first-order chi connectivity index (χ1) is 13.7. The second-order valence-electron chi connectivity index (χ2n) is 7.09. The molecule has 2 heterocycles. The Bertz CT molecular complexity index is 931. The van der Waals surface area contributed by atoms with Gasteiger partial charge in [-0.25, -0.2) is 4.39 Å². The van der Waals surface area contributed by atoms with Gasteiger partial charge in [-0.15, -0.1) is 0 Å². The van der Waals surface area contributed by atoms with Gasteiger partial charge in [-0.2, -0.15) is 0 Å². The Labute approximate surface area is 164 Å². The van der Waals surface area contributed by atoms with Crippen LogP contribution in [-0.2, 0) is 0 Å². The minimum Gasteiger partial charge on any atom is -0.322 e. The van der Waals surface area contributed by atoms with Gasteiger partial charge in [0.1, 0.15) is 5.82 Å². The molecule has 2 aromatic rings. The Balaban J connectivity index is 1.45. The minimum atomic E-state index is -0.353. The second kappa shape index (κ2) is 8.50. The molecule has 0 aliphatic carbocycles. The SMILES string of the molecule is O=C(Nc1ccc(C2=CCNCC2)cc1)c1ccc(C2=CCNCC2)c(F)c1. The largest absolute Gasteiger partial charge is 0.322 e. The molecule has 2 aliphatic rings. The normalized spacial score (nSPS) is 16.9. The monoisotopic (exact) mass is 377 g/mol. The maximum atomic E-state index is 14.5. The first-order valence-corrected chi connectivity index (χ1v) is 9.72. The van der Waals surface area contributed by atoms with Crippen molar-refractivity contribution in [2.45, 2.75) is 12.8 Å². The lowest BCUT2D eigenvalue weighted by Gasteiger charge is -2.16. The standard InChI is InChI=1S/C23H24FN3O/c24-22-15-19(3-6-21(22)18-9-13-26-14-10-18)23(28)27-20-4-1-16(2-5-20)17-7-11-25-12-8-17/h1-7,9,15,25-26H,8,10-14H2,(H,27,28). The Morgan fingerprint density at radius 3 is 2.18 bits per heavy atom. The lowest BCUT2D eigenvalue weighted by Crippen LogP contribution is -2.20. The van der Waals surface area contributed by atoms with E-state index in [1.807, 2.05) is 30.3 Å². The maximum absolute atomic E-state index is 14.5. The van der Waals surface area contributed by atoms with Crippen LogP contribution in [0.4, 0.5) is 10.1 Å². The molecule has 1 amide bonds. The van der Waals surface area contributed by atoms with E-state index in [0.717, 1.165) is 44.6 Å². The number of amides is 1. The van der Waals surface area contributed by atoms with E-state index < -0.39 is 0 Å². The molecule has 0 radical (unpaired) electrons. The predicted molar refractivity (Wildman–Crippen MR) is 112 cm³/mol.